The van der Waals surface area contributed by atoms with E-state index in [1.54, 1.807) is 19.2 Å². The molecule has 2 fully saturated rings. The summed E-state index contributed by atoms with van der Waals surface area (Å²) in [6, 6.07) is 15.2. The number of pyridine rings is 1. The van der Waals surface area contributed by atoms with Gasteiger partial charge in [0.05, 0.1) is 12.6 Å². The number of ether oxygens (including phenoxy) is 1. The van der Waals surface area contributed by atoms with Gasteiger partial charge in [0.15, 0.2) is 0 Å². The molecular formula is C31H37FN2O2. The van der Waals surface area contributed by atoms with Crippen molar-refractivity contribution >= 4 is 22.4 Å². The Labute approximate surface area is 213 Å². The van der Waals surface area contributed by atoms with E-state index >= 15 is 0 Å². The van der Waals surface area contributed by atoms with Crippen LogP contribution in [0.15, 0.2) is 54.7 Å². The summed E-state index contributed by atoms with van der Waals surface area (Å²) in [5, 5.41) is 0.949. The molecule has 0 spiro atoms. The van der Waals surface area contributed by atoms with Crippen LogP contribution in [-0.4, -0.2) is 31.0 Å². The molecule has 4 nitrogen and oxygen atoms in total. The minimum atomic E-state index is -0.201. The standard InChI is InChI=1S/C31H37FN2O2/c1-21(19-31(35)24-14-17-34(18-15-24)26-8-10-27(36-2)11-9-26)22-3-5-23(6-4-22)28-13-16-33-30-12-7-25(32)20-29(28)30/h7-13,16,20-24H,3-6,14-15,17-19H2,1-2H3/t21-,22?,23?/m0/s1. The monoisotopic (exact) mass is 488 g/mol. The van der Waals surface area contributed by atoms with Gasteiger partial charge in [-0.3, -0.25) is 9.78 Å². The normalized spacial score (nSPS) is 21.9. The highest BCUT2D eigenvalue weighted by Crippen LogP contribution is 2.42. The lowest BCUT2D eigenvalue weighted by Crippen LogP contribution is -2.37. The lowest BCUT2D eigenvalue weighted by Gasteiger charge is -2.35. The van der Waals surface area contributed by atoms with Crippen LogP contribution >= 0.6 is 0 Å². The number of ketones is 1. The van der Waals surface area contributed by atoms with Gasteiger partial charge in [0.25, 0.3) is 0 Å². The molecule has 1 aromatic heterocycles. The number of nitrogens with zero attached hydrogens (tertiary/aromatic N) is 2. The molecule has 1 aliphatic heterocycles. The highest BCUT2D eigenvalue weighted by Gasteiger charge is 2.31. The van der Waals surface area contributed by atoms with Crippen molar-refractivity contribution in [1.82, 2.24) is 4.98 Å². The molecule has 0 radical (unpaired) electrons. The Balaban J connectivity index is 1.11. The van der Waals surface area contributed by atoms with E-state index in [9.17, 15) is 9.18 Å². The second-order valence-corrected chi connectivity index (χ2v) is 10.8. The number of aromatic nitrogens is 1. The number of hydrogen-bond donors (Lipinski definition) is 0. The number of piperidine rings is 1. The van der Waals surface area contributed by atoms with Crippen molar-refractivity contribution in [3.63, 3.8) is 0 Å². The number of Topliss-reactive ketones (excluding diaryl/α,β-unsaturated/α-hetero) is 1. The number of benzene rings is 2. The molecule has 0 amide bonds. The third kappa shape index (κ3) is 5.40. The minimum absolute atomic E-state index is 0.191. The van der Waals surface area contributed by atoms with Crippen LogP contribution in [0.4, 0.5) is 10.1 Å². The first-order chi connectivity index (χ1) is 17.5. The Hall–Kier alpha value is -2.95. The molecule has 1 aliphatic carbocycles. The summed E-state index contributed by atoms with van der Waals surface area (Å²) >= 11 is 0. The van der Waals surface area contributed by atoms with Gasteiger partial charge in [-0.15, -0.1) is 0 Å². The van der Waals surface area contributed by atoms with E-state index in [1.807, 2.05) is 18.3 Å². The molecule has 1 atom stereocenters. The second kappa shape index (κ2) is 11.0. The number of hydrogen-bond acceptors (Lipinski definition) is 4. The zero-order valence-electron chi connectivity index (χ0n) is 21.5. The predicted octanol–water partition coefficient (Wildman–Crippen LogP) is 7.17. The molecule has 190 valence electrons. The van der Waals surface area contributed by atoms with Gasteiger partial charge in [-0.05, 0) is 110 Å². The van der Waals surface area contributed by atoms with Crippen molar-refractivity contribution < 1.29 is 13.9 Å². The first-order valence-electron chi connectivity index (χ1n) is 13.5. The molecule has 2 aliphatic rings. The Bertz CT molecular complexity index is 1180. The van der Waals surface area contributed by atoms with Crippen LogP contribution in [0.1, 0.15) is 63.4 Å². The van der Waals surface area contributed by atoms with E-state index < -0.39 is 0 Å². The lowest BCUT2D eigenvalue weighted by molar-refractivity contribution is -0.124. The van der Waals surface area contributed by atoms with Crippen LogP contribution in [0.5, 0.6) is 5.75 Å². The molecule has 1 saturated carbocycles. The highest BCUT2D eigenvalue weighted by atomic mass is 19.1. The maximum Gasteiger partial charge on any atom is 0.136 e. The second-order valence-electron chi connectivity index (χ2n) is 10.8. The summed E-state index contributed by atoms with van der Waals surface area (Å²) in [4.78, 5) is 20.0. The third-order valence-corrected chi connectivity index (χ3v) is 8.66. The molecular weight excluding hydrogens is 451 g/mol. The van der Waals surface area contributed by atoms with E-state index in [2.05, 4.69) is 35.0 Å². The predicted molar refractivity (Wildman–Crippen MR) is 143 cm³/mol. The summed E-state index contributed by atoms with van der Waals surface area (Å²) in [5.41, 5.74) is 3.30. The SMILES string of the molecule is COc1ccc(N2CCC(C(=O)C[C@H](C)C3CCC(c4ccnc5ccc(F)cc45)CC3)CC2)cc1. The van der Waals surface area contributed by atoms with Crippen molar-refractivity contribution in [3.8, 4) is 5.75 Å². The lowest BCUT2D eigenvalue weighted by atomic mass is 9.72. The average molecular weight is 489 g/mol. The molecule has 1 saturated heterocycles. The van der Waals surface area contributed by atoms with Gasteiger partial charge < -0.3 is 9.64 Å². The van der Waals surface area contributed by atoms with Gasteiger partial charge in [-0.25, -0.2) is 4.39 Å². The summed E-state index contributed by atoms with van der Waals surface area (Å²) in [7, 11) is 1.68. The van der Waals surface area contributed by atoms with Crippen LogP contribution in [0.3, 0.4) is 0 Å². The number of methoxy groups -OCH3 is 1. The van der Waals surface area contributed by atoms with Crippen LogP contribution in [0.2, 0.25) is 0 Å². The molecule has 0 unspecified atom stereocenters. The summed E-state index contributed by atoms with van der Waals surface area (Å²) in [6.07, 6.45) is 8.89. The third-order valence-electron chi connectivity index (χ3n) is 8.66. The van der Waals surface area contributed by atoms with Gasteiger partial charge in [-0.2, -0.15) is 0 Å². The molecule has 2 aromatic carbocycles. The number of fused-ring (bicyclic) bond motifs is 1. The van der Waals surface area contributed by atoms with Crippen molar-refractivity contribution in [3.05, 3.63) is 66.1 Å². The van der Waals surface area contributed by atoms with Crippen LogP contribution < -0.4 is 9.64 Å². The molecule has 5 rings (SSSR count). The van der Waals surface area contributed by atoms with E-state index in [0.29, 0.717) is 30.0 Å². The Kier molecular flexibility index (Phi) is 7.54. The van der Waals surface area contributed by atoms with Crippen molar-refractivity contribution in [2.24, 2.45) is 17.8 Å². The van der Waals surface area contributed by atoms with Crippen LogP contribution in [0, 0.1) is 23.6 Å². The van der Waals surface area contributed by atoms with Crippen molar-refractivity contribution in [2.75, 3.05) is 25.1 Å². The van der Waals surface area contributed by atoms with E-state index in [-0.39, 0.29) is 11.7 Å². The van der Waals surface area contributed by atoms with Crippen LogP contribution in [-0.2, 0) is 4.79 Å². The largest absolute Gasteiger partial charge is 0.497 e. The maximum atomic E-state index is 13.9. The number of halogens is 1. The fourth-order valence-corrected chi connectivity index (χ4v) is 6.40. The van der Waals surface area contributed by atoms with Crippen molar-refractivity contribution in [2.45, 2.75) is 57.8 Å². The summed E-state index contributed by atoms with van der Waals surface area (Å²) < 4.78 is 19.2. The first kappa shape index (κ1) is 24.7. The van der Waals surface area contributed by atoms with E-state index in [1.165, 1.54) is 17.3 Å². The molecule has 5 heteroatoms. The maximum absolute atomic E-state index is 13.9. The first-order valence-corrected chi connectivity index (χ1v) is 13.5. The zero-order chi connectivity index (χ0) is 25.1. The topological polar surface area (TPSA) is 42.4 Å². The molecule has 0 bridgehead atoms. The Morgan fingerprint density at radius 2 is 1.75 bits per heavy atom. The van der Waals surface area contributed by atoms with E-state index in [4.69, 9.17) is 4.74 Å². The summed E-state index contributed by atoms with van der Waals surface area (Å²) in [6.45, 7) is 4.14. The molecule has 0 N–H and O–H groups in total. The number of carbonyl (C=O) groups excluding carboxylic acids is 1. The van der Waals surface area contributed by atoms with Gasteiger partial charge in [0, 0.05) is 42.7 Å². The number of carbonyl (C=O) groups is 1. The van der Waals surface area contributed by atoms with Crippen molar-refractivity contribution in [1.29, 1.82) is 0 Å². The van der Waals surface area contributed by atoms with E-state index in [0.717, 1.165) is 68.3 Å². The summed E-state index contributed by atoms with van der Waals surface area (Å²) in [5.74, 6) is 2.77. The average Bonchev–Trinajstić information content (AvgIpc) is 2.93. The Morgan fingerprint density at radius 3 is 2.44 bits per heavy atom. The van der Waals surface area contributed by atoms with Gasteiger partial charge >= 0.3 is 0 Å². The van der Waals surface area contributed by atoms with Gasteiger partial charge in [0.2, 0.25) is 0 Å². The fraction of sp³-hybridized carbons (Fsp3) is 0.484. The highest BCUT2D eigenvalue weighted by molar-refractivity contribution is 5.83. The van der Waals surface area contributed by atoms with Crippen LogP contribution in [0.25, 0.3) is 10.9 Å². The quantitative estimate of drug-likeness (QED) is 0.354. The zero-order valence-corrected chi connectivity index (χ0v) is 21.5. The number of anilines is 1. The number of rotatable bonds is 7. The smallest absolute Gasteiger partial charge is 0.136 e. The van der Waals surface area contributed by atoms with Gasteiger partial charge in [-0.1, -0.05) is 6.92 Å². The Morgan fingerprint density at radius 1 is 1.03 bits per heavy atom. The molecule has 2 heterocycles. The fourth-order valence-electron chi connectivity index (χ4n) is 6.40. The molecule has 36 heavy (non-hydrogen) atoms. The minimum Gasteiger partial charge on any atom is -0.497 e. The molecule has 3 aromatic rings. The van der Waals surface area contributed by atoms with Gasteiger partial charge in [0.1, 0.15) is 17.3 Å².